The van der Waals surface area contributed by atoms with Crippen molar-refractivity contribution in [3.63, 3.8) is 0 Å². The average molecular weight is 310 g/mol. The van der Waals surface area contributed by atoms with E-state index in [1.54, 1.807) is 18.2 Å². The van der Waals surface area contributed by atoms with E-state index in [0.29, 0.717) is 10.8 Å². The Hall–Kier alpha value is -3.02. The zero-order chi connectivity index (χ0) is 16.1. The van der Waals surface area contributed by atoms with E-state index < -0.39 is 4.92 Å². The molecule has 116 valence electrons. The average Bonchev–Trinajstić information content (AvgIpc) is 2.58. The van der Waals surface area contributed by atoms with Crippen molar-refractivity contribution >= 4 is 32.9 Å². The zero-order valence-electron chi connectivity index (χ0n) is 12.4. The standard InChI is InChI=1S/C17H14N2O4/c1-23-12-8-9-6-7-18-15-10-4-2-3-5-11(10)17(20)14(13(9)15)16(12)19(21)22/h2-5,8,18,20H,6-7H2,1H3. The van der Waals surface area contributed by atoms with Gasteiger partial charge in [-0.05, 0) is 18.1 Å². The second kappa shape index (κ2) is 4.74. The van der Waals surface area contributed by atoms with Crippen molar-refractivity contribution < 1.29 is 14.8 Å². The molecule has 3 aromatic carbocycles. The summed E-state index contributed by atoms with van der Waals surface area (Å²) in [5.41, 5.74) is 1.58. The van der Waals surface area contributed by atoms with Gasteiger partial charge in [0.1, 0.15) is 11.1 Å². The van der Waals surface area contributed by atoms with Gasteiger partial charge in [0.05, 0.1) is 17.7 Å². The molecule has 0 saturated carbocycles. The Balaban J connectivity index is 2.34. The fourth-order valence-corrected chi connectivity index (χ4v) is 3.43. The van der Waals surface area contributed by atoms with Crippen LogP contribution in [0.4, 0.5) is 11.4 Å². The van der Waals surface area contributed by atoms with Crippen molar-refractivity contribution in [1.82, 2.24) is 0 Å². The van der Waals surface area contributed by atoms with Crippen molar-refractivity contribution in [1.29, 1.82) is 0 Å². The normalized spacial score (nSPS) is 13.1. The molecule has 1 aliphatic heterocycles. The van der Waals surface area contributed by atoms with E-state index in [1.807, 2.05) is 12.1 Å². The summed E-state index contributed by atoms with van der Waals surface area (Å²) in [6, 6.07) is 9.06. The molecule has 0 spiro atoms. The minimum atomic E-state index is -0.495. The lowest BCUT2D eigenvalue weighted by molar-refractivity contribution is -0.384. The number of hydrogen-bond donors (Lipinski definition) is 2. The maximum Gasteiger partial charge on any atom is 0.322 e. The molecule has 23 heavy (non-hydrogen) atoms. The van der Waals surface area contributed by atoms with Gasteiger partial charge in [0.15, 0.2) is 5.75 Å². The summed E-state index contributed by atoms with van der Waals surface area (Å²) in [4.78, 5) is 11.1. The molecule has 0 radical (unpaired) electrons. The molecule has 0 atom stereocenters. The van der Waals surface area contributed by atoms with E-state index in [0.717, 1.165) is 29.6 Å². The monoisotopic (exact) mass is 310 g/mol. The van der Waals surface area contributed by atoms with E-state index in [-0.39, 0.29) is 22.6 Å². The van der Waals surface area contributed by atoms with Gasteiger partial charge in [0.2, 0.25) is 0 Å². The van der Waals surface area contributed by atoms with Gasteiger partial charge in [-0.3, -0.25) is 10.1 Å². The first kappa shape index (κ1) is 13.6. The van der Waals surface area contributed by atoms with Gasteiger partial charge in [-0.1, -0.05) is 24.3 Å². The van der Waals surface area contributed by atoms with Crippen LogP contribution in [0.25, 0.3) is 21.5 Å². The number of fused-ring (bicyclic) bond motifs is 2. The Bertz CT molecular complexity index is 982. The van der Waals surface area contributed by atoms with E-state index in [9.17, 15) is 15.2 Å². The van der Waals surface area contributed by atoms with Crippen LogP contribution in [0.2, 0.25) is 0 Å². The summed E-state index contributed by atoms with van der Waals surface area (Å²) >= 11 is 0. The van der Waals surface area contributed by atoms with Gasteiger partial charge in [-0.2, -0.15) is 0 Å². The van der Waals surface area contributed by atoms with Crippen LogP contribution in [-0.4, -0.2) is 23.7 Å². The zero-order valence-corrected chi connectivity index (χ0v) is 12.4. The second-order valence-electron chi connectivity index (χ2n) is 5.54. The molecule has 1 heterocycles. The third-order valence-electron chi connectivity index (χ3n) is 4.38. The second-order valence-corrected chi connectivity index (χ2v) is 5.54. The molecule has 0 unspecified atom stereocenters. The number of hydrogen-bond acceptors (Lipinski definition) is 5. The molecular formula is C17H14N2O4. The maximum atomic E-state index is 11.6. The van der Waals surface area contributed by atoms with E-state index in [1.165, 1.54) is 7.11 Å². The first-order valence-electron chi connectivity index (χ1n) is 7.29. The smallest absolute Gasteiger partial charge is 0.322 e. The van der Waals surface area contributed by atoms with Crippen LogP contribution >= 0.6 is 0 Å². The number of nitro groups is 1. The largest absolute Gasteiger partial charge is 0.506 e. The molecule has 0 saturated heterocycles. The van der Waals surface area contributed by atoms with E-state index >= 15 is 0 Å². The SMILES string of the molecule is COc1cc2c3c(c4ccccc4c(O)c3c1[N+](=O)[O-])NCC2. The Morgan fingerprint density at radius 3 is 2.70 bits per heavy atom. The third kappa shape index (κ3) is 1.75. The van der Waals surface area contributed by atoms with Crippen LogP contribution in [0.1, 0.15) is 5.56 Å². The predicted octanol–water partition coefficient (Wildman–Crippen LogP) is 3.58. The van der Waals surface area contributed by atoms with Crippen LogP contribution in [0.15, 0.2) is 30.3 Å². The van der Waals surface area contributed by atoms with Crippen molar-refractivity contribution in [3.05, 3.63) is 46.0 Å². The van der Waals surface area contributed by atoms with E-state index in [4.69, 9.17) is 4.74 Å². The lowest BCUT2D eigenvalue weighted by Gasteiger charge is -2.23. The molecule has 3 aromatic rings. The van der Waals surface area contributed by atoms with Crippen molar-refractivity contribution in [2.45, 2.75) is 6.42 Å². The van der Waals surface area contributed by atoms with Crippen LogP contribution in [0.3, 0.4) is 0 Å². The van der Waals surface area contributed by atoms with Gasteiger partial charge in [0, 0.05) is 22.7 Å². The first-order chi connectivity index (χ1) is 11.1. The van der Waals surface area contributed by atoms with Crippen LogP contribution in [0, 0.1) is 10.1 Å². The molecule has 1 aliphatic rings. The summed E-state index contributed by atoms with van der Waals surface area (Å²) in [6.07, 6.45) is 0.718. The Morgan fingerprint density at radius 1 is 1.26 bits per heavy atom. The van der Waals surface area contributed by atoms with Gasteiger partial charge in [-0.25, -0.2) is 0 Å². The number of methoxy groups -OCH3 is 1. The molecule has 2 N–H and O–H groups in total. The van der Waals surface area contributed by atoms with Crippen molar-refractivity contribution in [2.24, 2.45) is 0 Å². The number of aromatic hydroxyl groups is 1. The highest BCUT2D eigenvalue weighted by Gasteiger charge is 2.29. The minimum Gasteiger partial charge on any atom is -0.506 e. The highest BCUT2D eigenvalue weighted by molar-refractivity contribution is 6.20. The molecule has 0 amide bonds. The summed E-state index contributed by atoms with van der Waals surface area (Å²) in [7, 11) is 1.40. The van der Waals surface area contributed by atoms with Gasteiger partial charge in [0.25, 0.3) is 0 Å². The summed E-state index contributed by atoms with van der Waals surface area (Å²) in [5, 5.41) is 28.1. The lowest BCUT2D eigenvalue weighted by atomic mass is 9.91. The quantitative estimate of drug-likeness (QED) is 0.327. The first-order valence-corrected chi connectivity index (χ1v) is 7.29. The summed E-state index contributed by atoms with van der Waals surface area (Å²) < 4.78 is 5.22. The molecule has 6 heteroatoms. The number of nitrogens with one attached hydrogen (secondary N) is 1. The topological polar surface area (TPSA) is 84.6 Å². The Kier molecular flexibility index (Phi) is 2.81. The fraction of sp³-hybridized carbons (Fsp3) is 0.176. The number of benzene rings is 3. The van der Waals surface area contributed by atoms with Crippen molar-refractivity contribution in [2.75, 3.05) is 19.0 Å². The number of phenols is 1. The summed E-state index contributed by atoms with van der Waals surface area (Å²) in [5.74, 6) is 0.103. The third-order valence-corrected chi connectivity index (χ3v) is 4.38. The summed E-state index contributed by atoms with van der Waals surface area (Å²) in [6.45, 7) is 0.734. The Morgan fingerprint density at radius 2 is 2.00 bits per heavy atom. The van der Waals surface area contributed by atoms with Crippen LogP contribution in [0.5, 0.6) is 11.5 Å². The van der Waals surface area contributed by atoms with Crippen LogP contribution < -0.4 is 10.1 Å². The number of nitro benzene ring substituents is 1. The van der Waals surface area contributed by atoms with Gasteiger partial charge in [-0.15, -0.1) is 0 Å². The van der Waals surface area contributed by atoms with Gasteiger partial charge >= 0.3 is 5.69 Å². The van der Waals surface area contributed by atoms with Crippen LogP contribution in [-0.2, 0) is 6.42 Å². The fourth-order valence-electron chi connectivity index (χ4n) is 3.43. The molecule has 0 fully saturated rings. The number of nitrogens with zero attached hydrogens (tertiary/aromatic N) is 1. The number of ether oxygens (including phenoxy) is 1. The van der Waals surface area contributed by atoms with Gasteiger partial charge < -0.3 is 15.2 Å². The molecule has 6 nitrogen and oxygen atoms in total. The number of anilines is 1. The maximum absolute atomic E-state index is 11.6. The van der Waals surface area contributed by atoms with Crippen molar-refractivity contribution in [3.8, 4) is 11.5 Å². The number of rotatable bonds is 2. The number of phenolic OH excluding ortho intramolecular Hbond substituents is 1. The lowest BCUT2D eigenvalue weighted by Crippen LogP contribution is -2.13. The Labute approximate surface area is 131 Å². The highest BCUT2D eigenvalue weighted by atomic mass is 16.6. The molecule has 0 aromatic heterocycles. The molecular weight excluding hydrogens is 296 g/mol. The predicted molar refractivity (Wildman–Crippen MR) is 88.5 cm³/mol. The molecule has 0 aliphatic carbocycles. The highest BCUT2D eigenvalue weighted by Crippen LogP contribution is 2.50. The molecule has 4 rings (SSSR count). The minimum absolute atomic E-state index is 0.0742. The van der Waals surface area contributed by atoms with E-state index in [2.05, 4.69) is 5.32 Å². The molecule has 0 bridgehead atoms.